The first-order chi connectivity index (χ1) is 15.0. The van der Waals surface area contributed by atoms with Crippen LogP contribution in [-0.2, 0) is 0 Å². The molecule has 0 spiro atoms. The lowest BCUT2D eigenvalue weighted by Gasteiger charge is -2.10. The van der Waals surface area contributed by atoms with Crippen LogP contribution in [0.1, 0.15) is 11.3 Å². The highest BCUT2D eigenvalue weighted by molar-refractivity contribution is 5.91. The average Bonchev–Trinajstić information content (AvgIpc) is 3.19. The zero-order valence-electron chi connectivity index (χ0n) is 17.6. The van der Waals surface area contributed by atoms with Crippen LogP contribution in [0.5, 0.6) is 0 Å². The molecule has 0 radical (unpaired) electrons. The molecule has 2 aromatic heterocycles. The summed E-state index contributed by atoms with van der Waals surface area (Å²) < 4.78 is 12.1. The number of aromatic nitrogens is 1. The van der Waals surface area contributed by atoms with Crippen LogP contribution in [0.2, 0.25) is 0 Å². The highest BCUT2D eigenvalue weighted by Crippen LogP contribution is 2.33. The zero-order chi connectivity index (χ0) is 22.0. The first kappa shape index (κ1) is 20.4. The summed E-state index contributed by atoms with van der Waals surface area (Å²) in [5.74, 6) is 1.02. The number of hydrogen-bond acceptors (Lipinski definition) is 7. The van der Waals surface area contributed by atoms with Gasteiger partial charge >= 0.3 is 0 Å². The third-order valence-corrected chi connectivity index (χ3v) is 4.99. The number of rotatable bonds is 6. The first-order valence-corrected chi connectivity index (χ1v) is 9.91. The summed E-state index contributed by atoms with van der Waals surface area (Å²) in [6.07, 6.45) is 0. The predicted octanol–water partition coefficient (Wildman–Crippen LogP) is 4.27. The molecule has 1 N–H and O–H groups in total. The number of hydrogen-bond donors (Lipinski definition) is 1. The standard InChI is InChI=1S/C24H22N4O3/c1-15-20(29)17-10-7-11-18(22(17)30-21(15)16-8-5-4-6-9-16)23-27-19(14-25)24(31-23)26-12-13-28(2)3/h4-11,26H,12-13H2,1-3H3. The number of anilines is 1. The van der Waals surface area contributed by atoms with E-state index in [2.05, 4.69) is 16.4 Å². The molecule has 0 fully saturated rings. The molecule has 7 heteroatoms. The van der Waals surface area contributed by atoms with E-state index in [0.717, 1.165) is 12.1 Å². The van der Waals surface area contributed by atoms with Gasteiger partial charge in [-0.3, -0.25) is 4.79 Å². The van der Waals surface area contributed by atoms with Crippen LogP contribution < -0.4 is 10.7 Å². The molecule has 0 atom stereocenters. The molecule has 0 aliphatic heterocycles. The van der Waals surface area contributed by atoms with Crippen molar-refractivity contribution < 1.29 is 8.83 Å². The second kappa shape index (κ2) is 8.46. The van der Waals surface area contributed by atoms with E-state index in [0.29, 0.717) is 40.3 Å². The number of nitriles is 1. The van der Waals surface area contributed by atoms with Crippen LogP contribution >= 0.6 is 0 Å². The molecule has 2 aromatic carbocycles. The van der Waals surface area contributed by atoms with Crippen molar-refractivity contribution in [3.63, 3.8) is 0 Å². The fourth-order valence-corrected chi connectivity index (χ4v) is 3.37. The lowest BCUT2D eigenvalue weighted by Crippen LogP contribution is -2.20. The zero-order valence-corrected chi connectivity index (χ0v) is 17.6. The molecule has 4 rings (SSSR count). The minimum Gasteiger partial charge on any atom is -0.455 e. The third-order valence-electron chi connectivity index (χ3n) is 4.99. The van der Waals surface area contributed by atoms with Gasteiger partial charge in [0.1, 0.15) is 11.8 Å². The number of likely N-dealkylation sites (N-methyl/N-ethyl adjacent to an activating group) is 1. The van der Waals surface area contributed by atoms with E-state index < -0.39 is 0 Å². The molecule has 0 aliphatic carbocycles. The summed E-state index contributed by atoms with van der Waals surface area (Å²) in [6.45, 7) is 3.12. The Morgan fingerprint density at radius 1 is 1.10 bits per heavy atom. The van der Waals surface area contributed by atoms with E-state index in [1.165, 1.54) is 0 Å². The molecule has 0 bridgehead atoms. The van der Waals surface area contributed by atoms with Gasteiger partial charge in [-0.25, -0.2) is 0 Å². The highest BCUT2D eigenvalue weighted by atomic mass is 16.4. The van der Waals surface area contributed by atoms with Crippen molar-refractivity contribution in [1.29, 1.82) is 5.26 Å². The Labute approximate surface area is 179 Å². The summed E-state index contributed by atoms with van der Waals surface area (Å²) in [4.78, 5) is 19.4. The first-order valence-electron chi connectivity index (χ1n) is 9.91. The summed E-state index contributed by atoms with van der Waals surface area (Å²) in [6, 6.07) is 16.8. The molecule has 2 heterocycles. The van der Waals surface area contributed by atoms with Crippen LogP contribution in [0.3, 0.4) is 0 Å². The van der Waals surface area contributed by atoms with Crippen LogP contribution in [0.25, 0.3) is 33.7 Å². The molecule has 7 nitrogen and oxygen atoms in total. The number of fused-ring (bicyclic) bond motifs is 1. The van der Waals surface area contributed by atoms with Crippen molar-refractivity contribution >= 4 is 16.9 Å². The Morgan fingerprint density at radius 3 is 2.58 bits per heavy atom. The SMILES string of the molecule is Cc1c(-c2ccccc2)oc2c(-c3nc(C#N)c(NCCN(C)C)o3)cccc2c1=O. The highest BCUT2D eigenvalue weighted by Gasteiger charge is 2.20. The maximum absolute atomic E-state index is 13.1. The van der Waals surface area contributed by atoms with Crippen molar-refractivity contribution in [2.45, 2.75) is 6.92 Å². The van der Waals surface area contributed by atoms with Crippen LogP contribution in [-0.4, -0.2) is 37.1 Å². The van der Waals surface area contributed by atoms with Crippen molar-refractivity contribution in [1.82, 2.24) is 9.88 Å². The van der Waals surface area contributed by atoms with E-state index in [9.17, 15) is 10.1 Å². The maximum Gasteiger partial charge on any atom is 0.233 e. The van der Waals surface area contributed by atoms with E-state index in [-0.39, 0.29) is 17.0 Å². The number of nitrogens with one attached hydrogen (secondary N) is 1. The van der Waals surface area contributed by atoms with Gasteiger partial charge in [0.15, 0.2) is 11.0 Å². The number of para-hydroxylation sites is 1. The van der Waals surface area contributed by atoms with Gasteiger partial charge < -0.3 is 19.1 Å². The monoisotopic (exact) mass is 414 g/mol. The summed E-state index contributed by atoms with van der Waals surface area (Å²) >= 11 is 0. The van der Waals surface area contributed by atoms with Gasteiger partial charge in [0, 0.05) is 24.2 Å². The van der Waals surface area contributed by atoms with Crippen LogP contribution in [0.4, 0.5) is 5.88 Å². The second-order valence-electron chi connectivity index (χ2n) is 7.47. The van der Waals surface area contributed by atoms with Gasteiger partial charge in [-0.05, 0) is 33.2 Å². The molecular weight excluding hydrogens is 392 g/mol. The van der Waals surface area contributed by atoms with E-state index >= 15 is 0 Å². The lowest BCUT2D eigenvalue weighted by atomic mass is 10.0. The Morgan fingerprint density at radius 2 is 1.87 bits per heavy atom. The van der Waals surface area contributed by atoms with Crippen molar-refractivity contribution in [2.75, 3.05) is 32.5 Å². The minimum atomic E-state index is -0.113. The topological polar surface area (TPSA) is 95.3 Å². The van der Waals surface area contributed by atoms with Crippen molar-refractivity contribution in [3.8, 4) is 28.8 Å². The molecule has 156 valence electrons. The number of oxazole rings is 1. The molecule has 0 amide bonds. The van der Waals surface area contributed by atoms with Crippen LogP contribution in [0.15, 0.2) is 62.2 Å². The van der Waals surface area contributed by atoms with Gasteiger partial charge in [-0.1, -0.05) is 36.4 Å². The molecule has 0 aliphatic rings. The van der Waals surface area contributed by atoms with Gasteiger partial charge in [-0.15, -0.1) is 0 Å². The number of benzene rings is 2. The van der Waals surface area contributed by atoms with Gasteiger partial charge in [0.05, 0.1) is 10.9 Å². The van der Waals surface area contributed by atoms with E-state index in [1.54, 1.807) is 25.1 Å². The Kier molecular flexibility index (Phi) is 5.56. The second-order valence-corrected chi connectivity index (χ2v) is 7.47. The normalized spacial score (nSPS) is 11.1. The smallest absolute Gasteiger partial charge is 0.233 e. The molecule has 0 saturated heterocycles. The Bertz CT molecular complexity index is 1330. The number of nitrogens with zero attached hydrogens (tertiary/aromatic N) is 3. The van der Waals surface area contributed by atoms with Gasteiger partial charge in [0.2, 0.25) is 17.5 Å². The average molecular weight is 414 g/mol. The molecular formula is C24H22N4O3. The summed E-state index contributed by atoms with van der Waals surface area (Å²) in [5.41, 5.74) is 2.28. The fraction of sp³-hybridized carbons (Fsp3) is 0.208. The quantitative estimate of drug-likeness (QED) is 0.503. The predicted molar refractivity (Wildman–Crippen MR) is 120 cm³/mol. The van der Waals surface area contributed by atoms with Gasteiger partial charge in [-0.2, -0.15) is 10.2 Å². The molecule has 4 aromatic rings. The summed E-state index contributed by atoms with van der Waals surface area (Å²) in [5, 5.41) is 13.0. The Balaban J connectivity index is 1.85. The van der Waals surface area contributed by atoms with Crippen LogP contribution in [0, 0.1) is 18.3 Å². The summed E-state index contributed by atoms with van der Waals surface area (Å²) in [7, 11) is 3.92. The van der Waals surface area contributed by atoms with E-state index in [4.69, 9.17) is 8.83 Å². The fourth-order valence-electron chi connectivity index (χ4n) is 3.37. The van der Waals surface area contributed by atoms with Crippen molar-refractivity contribution in [2.24, 2.45) is 0 Å². The largest absolute Gasteiger partial charge is 0.455 e. The minimum absolute atomic E-state index is 0.113. The molecule has 0 saturated carbocycles. The third kappa shape index (κ3) is 3.93. The maximum atomic E-state index is 13.1. The molecule has 0 unspecified atom stereocenters. The Hall–Kier alpha value is -3.89. The lowest BCUT2D eigenvalue weighted by molar-refractivity contribution is 0.423. The van der Waals surface area contributed by atoms with Gasteiger partial charge in [0.25, 0.3) is 0 Å². The van der Waals surface area contributed by atoms with E-state index in [1.807, 2.05) is 49.3 Å². The molecule has 31 heavy (non-hydrogen) atoms. The van der Waals surface area contributed by atoms with Crippen molar-refractivity contribution in [3.05, 3.63) is 70.0 Å².